The fraction of sp³-hybridized carbons (Fsp3) is 0. The van der Waals surface area contributed by atoms with E-state index in [0.29, 0.717) is 11.1 Å². The number of hydrogen-bond acceptors (Lipinski definition) is 2. The van der Waals surface area contributed by atoms with Crippen molar-refractivity contribution < 1.29 is 9.59 Å². The van der Waals surface area contributed by atoms with E-state index in [0.717, 1.165) is 21.5 Å². The molecule has 0 aromatic heterocycles. The smallest absolute Gasteiger partial charge is 0.186 e. The van der Waals surface area contributed by atoms with Gasteiger partial charge in [-0.15, -0.1) is 0 Å². The molecule has 0 amide bonds. The minimum atomic E-state index is -0.171. The maximum Gasteiger partial charge on any atom is 0.186 e. The number of benzene rings is 4. The summed E-state index contributed by atoms with van der Waals surface area (Å²) in [5, 5.41) is 3.80. The third-order valence-electron chi connectivity index (χ3n) is 4.50. The van der Waals surface area contributed by atoms with Gasteiger partial charge in [-0.2, -0.15) is 0 Å². The van der Waals surface area contributed by atoms with Crippen LogP contribution >= 0.6 is 0 Å². The van der Waals surface area contributed by atoms with Crippen molar-refractivity contribution >= 4 is 33.1 Å². The summed E-state index contributed by atoms with van der Waals surface area (Å²) in [4.78, 5) is 25.2. The molecule has 4 aromatic rings. The third kappa shape index (κ3) is 2.93. The van der Waals surface area contributed by atoms with Gasteiger partial charge in [-0.05, 0) is 33.7 Å². The van der Waals surface area contributed by atoms with Crippen LogP contribution in [0.15, 0.2) is 97.1 Å². The van der Waals surface area contributed by atoms with E-state index >= 15 is 0 Å². The Kier molecular flexibility index (Phi) is 4.16. The minimum absolute atomic E-state index is 0.171. The average Bonchev–Trinajstić information content (AvgIpc) is 2.71. The van der Waals surface area contributed by atoms with Gasteiger partial charge in [-0.25, -0.2) is 0 Å². The van der Waals surface area contributed by atoms with Crippen molar-refractivity contribution in [3.63, 3.8) is 0 Å². The van der Waals surface area contributed by atoms with Crippen molar-refractivity contribution in [2.75, 3.05) is 0 Å². The number of rotatable bonds is 4. The highest BCUT2D eigenvalue weighted by molar-refractivity contribution is 6.19. The molecule has 0 fully saturated rings. The lowest BCUT2D eigenvalue weighted by atomic mass is 9.99. The van der Waals surface area contributed by atoms with E-state index < -0.39 is 0 Å². The summed E-state index contributed by atoms with van der Waals surface area (Å²) in [6.07, 6.45) is 2.73. The van der Waals surface area contributed by atoms with Crippen LogP contribution < -0.4 is 0 Å². The van der Waals surface area contributed by atoms with E-state index in [-0.39, 0.29) is 11.6 Å². The highest BCUT2D eigenvalue weighted by Crippen LogP contribution is 2.21. The predicted molar refractivity (Wildman–Crippen MR) is 106 cm³/mol. The first kappa shape index (κ1) is 16.0. The van der Waals surface area contributed by atoms with Crippen molar-refractivity contribution in [3.05, 3.63) is 108 Å². The molecule has 0 N–H and O–H groups in total. The zero-order chi connectivity index (χ0) is 17.9. The highest BCUT2D eigenvalue weighted by atomic mass is 16.1. The van der Waals surface area contributed by atoms with Crippen molar-refractivity contribution in [3.8, 4) is 0 Å². The van der Waals surface area contributed by atoms with Gasteiger partial charge in [-0.1, -0.05) is 84.9 Å². The standard InChI is InChI=1S/C24H16O2/c25-23(21-13-5-9-17-7-1-3-11-19(17)21)15-16-24(26)22-14-6-10-18-8-2-4-12-20(18)22/h1-16H/b16-15-. The fourth-order valence-electron chi connectivity index (χ4n) is 3.21. The second-order valence-corrected chi connectivity index (χ2v) is 6.12. The summed E-state index contributed by atoms with van der Waals surface area (Å²) >= 11 is 0. The van der Waals surface area contributed by atoms with E-state index in [1.54, 1.807) is 12.1 Å². The van der Waals surface area contributed by atoms with Crippen molar-refractivity contribution in [2.45, 2.75) is 0 Å². The Morgan fingerprint density at radius 2 is 0.885 bits per heavy atom. The zero-order valence-corrected chi connectivity index (χ0v) is 14.1. The first-order valence-corrected chi connectivity index (χ1v) is 8.46. The molecule has 0 saturated carbocycles. The second kappa shape index (κ2) is 6.77. The average molecular weight is 336 g/mol. The van der Waals surface area contributed by atoms with Gasteiger partial charge in [0.05, 0.1) is 0 Å². The molecule has 0 radical (unpaired) electrons. The topological polar surface area (TPSA) is 34.1 Å². The monoisotopic (exact) mass is 336 g/mol. The van der Waals surface area contributed by atoms with Crippen LogP contribution in [-0.4, -0.2) is 11.6 Å². The number of carbonyl (C=O) groups excluding carboxylic acids is 2. The third-order valence-corrected chi connectivity index (χ3v) is 4.50. The summed E-state index contributed by atoms with van der Waals surface area (Å²) < 4.78 is 0. The molecule has 26 heavy (non-hydrogen) atoms. The van der Waals surface area contributed by atoms with E-state index in [9.17, 15) is 9.59 Å². The van der Waals surface area contributed by atoms with Crippen molar-refractivity contribution in [1.82, 2.24) is 0 Å². The minimum Gasteiger partial charge on any atom is -0.289 e. The number of allylic oxidation sites excluding steroid dienone is 2. The fourth-order valence-corrected chi connectivity index (χ4v) is 3.21. The molecule has 2 heteroatoms. The molecule has 0 heterocycles. The van der Waals surface area contributed by atoms with Crippen LogP contribution in [0.2, 0.25) is 0 Å². The van der Waals surface area contributed by atoms with Gasteiger partial charge in [-0.3, -0.25) is 9.59 Å². The Labute approximate surface area is 151 Å². The normalized spacial score (nSPS) is 11.2. The lowest BCUT2D eigenvalue weighted by Crippen LogP contribution is -2.00. The summed E-state index contributed by atoms with van der Waals surface area (Å²) in [7, 11) is 0. The summed E-state index contributed by atoms with van der Waals surface area (Å²) in [5.41, 5.74) is 1.20. The maximum absolute atomic E-state index is 12.6. The molecule has 0 saturated heterocycles. The molecule has 0 spiro atoms. The molecule has 0 bridgehead atoms. The number of carbonyl (C=O) groups is 2. The molecule has 0 aliphatic heterocycles. The van der Waals surface area contributed by atoms with Gasteiger partial charge in [0.2, 0.25) is 0 Å². The Bertz CT molecular complexity index is 1070. The lowest BCUT2D eigenvalue weighted by Gasteiger charge is -2.04. The highest BCUT2D eigenvalue weighted by Gasteiger charge is 2.10. The number of hydrogen-bond donors (Lipinski definition) is 0. The molecule has 0 aliphatic carbocycles. The molecule has 4 aromatic carbocycles. The Balaban J connectivity index is 1.67. The SMILES string of the molecule is O=C(/C=C\C(=O)c1cccc2ccccc12)c1cccc2ccccc12. The van der Waals surface area contributed by atoms with Gasteiger partial charge in [0.15, 0.2) is 11.6 Å². The van der Waals surface area contributed by atoms with Gasteiger partial charge in [0.25, 0.3) is 0 Å². The molecule has 4 rings (SSSR count). The van der Waals surface area contributed by atoms with Crippen molar-refractivity contribution in [2.24, 2.45) is 0 Å². The van der Waals surface area contributed by atoms with Gasteiger partial charge in [0, 0.05) is 11.1 Å². The maximum atomic E-state index is 12.6. The first-order chi connectivity index (χ1) is 12.7. The van der Waals surface area contributed by atoms with Crippen LogP contribution in [0.5, 0.6) is 0 Å². The van der Waals surface area contributed by atoms with Crippen LogP contribution in [0.3, 0.4) is 0 Å². The second-order valence-electron chi connectivity index (χ2n) is 6.12. The van der Waals surface area contributed by atoms with Crippen LogP contribution in [0.25, 0.3) is 21.5 Å². The van der Waals surface area contributed by atoms with E-state index in [1.165, 1.54) is 12.2 Å². The summed E-state index contributed by atoms with van der Waals surface area (Å²) in [6.45, 7) is 0. The van der Waals surface area contributed by atoms with Crippen molar-refractivity contribution in [1.29, 1.82) is 0 Å². The quantitative estimate of drug-likeness (QED) is 0.358. The Morgan fingerprint density at radius 3 is 1.35 bits per heavy atom. The zero-order valence-electron chi connectivity index (χ0n) is 14.1. The van der Waals surface area contributed by atoms with Crippen LogP contribution in [0.4, 0.5) is 0 Å². The molecular formula is C24H16O2. The van der Waals surface area contributed by atoms with Gasteiger partial charge < -0.3 is 0 Å². The van der Waals surface area contributed by atoms with Crippen LogP contribution in [0.1, 0.15) is 20.7 Å². The number of fused-ring (bicyclic) bond motifs is 2. The molecule has 0 unspecified atom stereocenters. The lowest BCUT2D eigenvalue weighted by molar-refractivity contribution is 0.102. The van der Waals surface area contributed by atoms with E-state index in [4.69, 9.17) is 0 Å². The molecule has 124 valence electrons. The summed E-state index contributed by atoms with van der Waals surface area (Å²) in [6, 6.07) is 26.7. The molecular weight excluding hydrogens is 320 g/mol. The van der Waals surface area contributed by atoms with E-state index in [2.05, 4.69) is 0 Å². The van der Waals surface area contributed by atoms with E-state index in [1.807, 2.05) is 72.8 Å². The predicted octanol–water partition coefficient (Wildman–Crippen LogP) is 5.61. The number of ketones is 2. The largest absolute Gasteiger partial charge is 0.289 e. The first-order valence-electron chi connectivity index (χ1n) is 8.46. The van der Waals surface area contributed by atoms with Gasteiger partial charge in [0.1, 0.15) is 0 Å². The Morgan fingerprint density at radius 1 is 0.500 bits per heavy atom. The van der Waals surface area contributed by atoms with Crippen LogP contribution in [-0.2, 0) is 0 Å². The molecule has 0 atom stereocenters. The van der Waals surface area contributed by atoms with Crippen LogP contribution in [0, 0.1) is 0 Å². The Hall–Kier alpha value is -3.52. The molecule has 2 nitrogen and oxygen atoms in total. The summed E-state index contributed by atoms with van der Waals surface area (Å²) in [5.74, 6) is -0.342. The molecule has 0 aliphatic rings. The van der Waals surface area contributed by atoms with Gasteiger partial charge >= 0.3 is 0 Å².